The van der Waals surface area contributed by atoms with Gasteiger partial charge in [0.1, 0.15) is 5.75 Å². The van der Waals surface area contributed by atoms with Crippen molar-refractivity contribution >= 4 is 11.9 Å². The van der Waals surface area contributed by atoms with Gasteiger partial charge in [-0.05, 0) is 25.0 Å². The third kappa shape index (κ3) is 6.23. The molecule has 0 heterocycles. The van der Waals surface area contributed by atoms with Crippen molar-refractivity contribution in [2.75, 3.05) is 6.61 Å². The number of ether oxygens (including phenoxy) is 2. The van der Waals surface area contributed by atoms with E-state index in [2.05, 4.69) is 9.47 Å². The van der Waals surface area contributed by atoms with Crippen LogP contribution in [-0.4, -0.2) is 30.9 Å². The van der Waals surface area contributed by atoms with Crippen molar-refractivity contribution in [2.24, 2.45) is 0 Å². The lowest BCUT2D eigenvalue weighted by Crippen LogP contribution is -2.28. The first-order valence-electron chi connectivity index (χ1n) is 8.58. The van der Waals surface area contributed by atoms with Gasteiger partial charge in [0.15, 0.2) is 0 Å². The monoisotopic (exact) mass is 434 g/mol. The maximum absolute atomic E-state index is 12.6. The summed E-state index contributed by atoms with van der Waals surface area (Å²) >= 11 is 0. The highest BCUT2D eigenvalue weighted by Crippen LogP contribution is 2.36. The van der Waals surface area contributed by atoms with E-state index in [4.69, 9.17) is 0 Å². The van der Waals surface area contributed by atoms with E-state index in [1.807, 2.05) is 0 Å². The maximum atomic E-state index is 12.6. The Morgan fingerprint density at radius 3 is 2.07 bits per heavy atom. The highest BCUT2D eigenvalue weighted by molar-refractivity contribution is 5.78. The summed E-state index contributed by atoms with van der Waals surface area (Å²) in [6.45, 7) is 0.989. The molecule has 0 aromatic heterocycles. The molecule has 1 unspecified atom stereocenters. The molecule has 0 saturated heterocycles. The summed E-state index contributed by atoms with van der Waals surface area (Å²) in [7, 11) is 0. The summed E-state index contributed by atoms with van der Waals surface area (Å²) < 4.78 is 83.7. The zero-order valence-electron chi connectivity index (χ0n) is 15.5. The minimum Gasteiger partial charge on any atom is -0.459 e. The van der Waals surface area contributed by atoms with Gasteiger partial charge in [0.25, 0.3) is 0 Å². The van der Waals surface area contributed by atoms with E-state index in [0.717, 1.165) is 0 Å². The molecular formula is C20H16F6O4. The van der Waals surface area contributed by atoms with Crippen LogP contribution in [0.3, 0.4) is 0 Å². The summed E-state index contributed by atoms with van der Waals surface area (Å²) in [5.74, 6) is -5.99. The Hall–Kier alpha value is -3.04. The number of hydrogen-bond acceptors (Lipinski definition) is 4. The number of carbonyl (C=O) groups excluding carboxylic acids is 2. The molecular weight excluding hydrogens is 418 g/mol. The topological polar surface area (TPSA) is 52.6 Å². The molecule has 1 atom stereocenters. The van der Waals surface area contributed by atoms with Gasteiger partial charge in [-0.3, -0.25) is 0 Å². The molecule has 30 heavy (non-hydrogen) atoms. The Morgan fingerprint density at radius 2 is 1.50 bits per heavy atom. The number of esters is 2. The first-order valence-corrected chi connectivity index (χ1v) is 8.58. The molecule has 0 amide bonds. The number of halogens is 6. The van der Waals surface area contributed by atoms with Crippen molar-refractivity contribution in [1.29, 1.82) is 0 Å². The highest BCUT2D eigenvalue weighted by atomic mass is 19.4. The molecule has 2 aromatic carbocycles. The van der Waals surface area contributed by atoms with E-state index in [1.54, 1.807) is 37.3 Å². The number of rotatable bonds is 6. The highest BCUT2D eigenvalue weighted by Gasteiger charge is 2.42. The SMILES string of the molecule is Cc1ccc(OC(=O)C(F)(F)F)c(C(CCOC(=O)C(F)(F)F)c2ccccc2)c1. The molecule has 0 fully saturated rings. The summed E-state index contributed by atoms with van der Waals surface area (Å²) in [5.41, 5.74) is 1.28. The fourth-order valence-electron chi connectivity index (χ4n) is 2.73. The van der Waals surface area contributed by atoms with Crippen molar-refractivity contribution in [3.8, 4) is 5.75 Å². The summed E-state index contributed by atoms with van der Waals surface area (Å²) in [6.07, 6.45) is -10.6. The first-order chi connectivity index (χ1) is 13.9. The van der Waals surface area contributed by atoms with Crippen molar-refractivity contribution in [3.05, 3.63) is 65.2 Å². The molecule has 0 N–H and O–H groups in total. The third-order valence-corrected chi connectivity index (χ3v) is 4.05. The van der Waals surface area contributed by atoms with E-state index < -0.39 is 36.8 Å². The van der Waals surface area contributed by atoms with Crippen molar-refractivity contribution in [1.82, 2.24) is 0 Å². The fraction of sp³-hybridized carbons (Fsp3) is 0.300. The quantitative estimate of drug-likeness (QED) is 0.361. The fourth-order valence-corrected chi connectivity index (χ4v) is 2.73. The minimum atomic E-state index is -5.23. The molecule has 2 rings (SSSR count). The normalized spacial score (nSPS) is 12.9. The van der Waals surface area contributed by atoms with Crippen LogP contribution in [0.5, 0.6) is 5.75 Å². The molecule has 0 radical (unpaired) electrons. The summed E-state index contributed by atoms with van der Waals surface area (Å²) in [4.78, 5) is 22.3. The second-order valence-electron chi connectivity index (χ2n) is 6.31. The van der Waals surface area contributed by atoms with Crippen molar-refractivity contribution < 1.29 is 45.4 Å². The van der Waals surface area contributed by atoms with Crippen LogP contribution in [0.25, 0.3) is 0 Å². The molecule has 0 aliphatic rings. The molecule has 2 aromatic rings. The molecule has 0 aliphatic carbocycles. The number of hydrogen-bond donors (Lipinski definition) is 0. The van der Waals surface area contributed by atoms with Crippen LogP contribution in [0, 0.1) is 6.92 Å². The Morgan fingerprint density at radius 1 is 0.900 bits per heavy atom. The Kier molecular flexibility index (Phi) is 7.12. The average molecular weight is 434 g/mol. The Balaban J connectivity index is 2.37. The van der Waals surface area contributed by atoms with Crippen molar-refractivity contribution in [2.45, 2.75) is 31.6 Å². The van der Waals surface area contributed by atoms with Gasteiger partial charge in [-0.15, -0.1) is 0 Å². The predicted molar refractivity (Wildman–Crippen MR) is 92.8 cm³/mol. The zero-order valence-corrected chi connectivity index (χ0v) is 15.5. The second-order valence-corrected chi connectivity index (χ2v) is 6.31. The van der Waals surface area contributed by atoms with Crippen LogP contribution >= 0.6 is 0 Å². The van der Waals surface area contributed by atoms with Crippen LogP contribution in [-0.2, 0) is 14.3 Å². The number of alkyl halides is 6. The number of benzene rings is 2. The Bertz CT molecular complexity index is 890. The van der Waals surface area contributed by atoms with Gasteiger partial charge >= 0.3 is 24.3 Å². The minimum absolute atomic E-state index is 0.141. The molecule has 0 aliphatic heterocycles. The van der Waals surface area contributed by atoms with E-state index in [9.17, 15) is 35.9 Å². The van der Waals surface area contributed by atoms with Crippen LogP contribution in [0.2, 0.25) is 0 Å². The molecule has 162 valence electrons. The lowest BCUT2D eigenvalue weighted by atomic mass is 9.87. The van der Waals surface area contributed by atoms with Gasteiger partial charge < -0.3 is 9.47 Å². The van der Waals surface area contributed by atoms with Gasteiger partial charge in [0.2, 0.25) is 0 Å². The third-order valence-electron chi connectivity index (χ3n) is 4.05. The van der Waals surface area contributed by atoms with E-state index >= 15 is 0 Å². The van der Waals surface area contributed by atoms with E-state index in [0.29, 0.717) is 11.1 Å². The second kappa shape index (κ2) is 9.19. The molecule has 10 heteroatoms. The van der Waals surface area contributed by atoms with Gasteiger partial charge in [0, 0.05) is 11.5 Å². The standard InChI is InChI=1S/C20H16F6O4/c1-12-7-8-16(30-18(28)20(24,25)26)15(11-12)14(13-5-3-2-4-6-13)9-10-29-17(27)19(21,22)23/h2-8,11,14H,9-10H2,1H3. The smallest absolute Gasteiger partial charge is 0.459 e. The molecule has 0 spiro atoms. The zero-order chi connectivity index (χ0) is 22.5. The Labute approximate surface area is 167 Å². The lowest BCUT2D eigenvalue weighted by Gasteiger charge is -2.22. The summed E-state index contributed by atoms with van der Waals surface area (Å²) in [5, 5.41) is 0. The van der Waals surface area contributed by atoms with Crippen LogP contribution in [0.15, 0.2) is 48.5 Å². The summed E-state index contributed by atoms with van der Waals surface area (Å²) in [6, 6.07) is 12.2. The molecule has 4 nitrogen and oxygen atoms in total. The van der Waals surface area contributed by atoms with E-state index in [1.165, 1.54) is 18.2 Å². The van der Waals surface area contributed by atoms with Gasteiger partial charge in [0.05, 0.1) is 6.61 Å². The van der Waals surface area contributed by atoms with Crippen LogP contribution < -0.4 is 4.74 Å². The van der Waals surface area contributed by atoms with Gasteiger partial charge in [-0.2, -0.15) is 26.3 Å². The van der Waals surface area contributed by atoms with Gasteiger partial charge in [-0.25, -0.2) is 9.59 Å². The predicted octanol–water partition coefficient (Wildman–Crippen LogP) is 5.09. The molecule has 0 saturated carbocycles. The lowest BCUT2D eigenvalue weighted by molar-refractivity contribution is -0.199. The maximum Gasteiger partial charge on any atom is 0.491 e. The van der Waals surface area contributed by atoms with Crippen LogP contribution in [0.4, 0.5) is 26.3 Å². The van der Waals surface area contributed by atoms with E-state index in [-0.39, 0.29) is 17.7 Å². The number of aryl methyl sites for hydroxylation is 1. The first kappa shape index (κ1) is 23.2. The molecule has 0 bridgehead atoms. The average Bonchev–Trinajstić information content (AvgIpc) is 2.65. The largest absolute Gasteiger partial charge is 0.491 e. The van der Waals surface area contributed by atoms with Crippen molar-refractivity contribution in [3.63, 3.8) is 0 Å². The van der Waals surface area contributed by atoms with Crippen LogP contribution in [0.1, 0.15) is 29.0 Å². The number of carbonyl (C=O) groups is 2. The van der Waals surface area contributed by atoms with Gasteiger partial charge in [-0.1, -0.05) is 48.0 Å².